The minimum Gasteiger partial charge on any atom is -0.493 e. The van der Waals surface area contributed by atoms with Gasteiger partial charge in [-0.25, -0.2) is 0 Å². The lowest BCUT2D eigenvalue weighted by molar-refractivity contribution is -0.688. The molecule has 0 saturated carbocycles. The Morgan fingerprint density at radius 3 is 2.46 bits per heavy atom. The van der Waals surface area contributed by atoms with Gasteiger partial charge < -0.3 is 19.2 Å². The highest BCUT2D eigenvalue weighted by atomic mass is 35.5. The van der Waals surface area contributed by atoms with Crippen LogP contribution in [0.2, 0.25) is 10.0 Å². The van der Waals surface area contributed by atoms with Crippen LogP contribution in [0.1, 0.15) is 16.9 Å². The first-order chi connectivity index (χ1) is 12.7. The normalized spacial score (nSPS) is 10.7. The van der Waals surface area contributed by atoms with Crippen LogP contribution in [-0.2, 0) is 19.7 Å². The minimum absolute atomic E-state index is 0.277. The molecule has 0 aliphatic carbocycles. The molecule has 136 valence electrons. The van der Waals surface area contributed by atoms with Gasteiger partial charge in [-0.15, -0.1) is 0 Å². The van der Waals surface area contributed by atoms with Crippen LogP contribution < -0.4 is 14.8 Å². The van der Waals surface area contributed by atoms with Crippen LogP contribution in [-0.4, -0.2) is 7.11 Å². The Morgan fingerprint density at radius 2 is 1.77 bits per heavy atom. The first kappa shape index (κ1) is 18.6. The van der Waals surface area contributed by atoms with Crippen molar-refractivity contribution < 1.29 is 19.2 Å². The van der Waals surface area contributed by atoms with Gasteiger partial charge in [0.05, 0.1) is 13.4 Å². The number of hydrogen-bond acceptors (Lipinski definition) is 3. The van der Waals surface area contributed by atoms with Gasteiger partial charge in [-0.3, -0.25) is 0 Å². The van der Waals surface area contributed by atoms with Crippen LogP contribution in [0, 0.1) is 0 Å². The van der Waals surface area contributed by atoms with Crippen molar-refractivity contribution in [1.82, 2.24) is 0 Å². The third-order valence-electron chi connectivity index (χ3n) is 3.97. The fourth-order valence-corrected chi connectivity index (χ4v) is 3.09. The van der Waals surface area contributed by atoms with Crippen LogP contribution in [0.25, 0.3) is 0 Å². The Balaban J connectivity index is 1.63. The third kappa shape index (κ3) is 4.73. The number of furan rings is 1. The second kappa shape index (κ2) is 8.99. The molecule has 0 amide bonds. The van der Waals surface area contributed by atoms with E-state index in [9.17, 15) is 0 Å². The number of halogens is 2. The molecule has 3 aromatic rings. The number of quaternary nitrogens is 1. The van der Waals surface area contributed by atoms with Gasteiger partial charge in [-0.05, 0) is 42.5 Å². The smallest absolute Gasteiger partial charge is 0.161 e. The maximum Gasteiger partial charge on any atom is 0.161 e. The topological polar surface area (TPSA) is 48.2 Å². The predicted octanol–water partition coefficient (Wildman–Crippen LogP) is 4.44. The number of hydrogen-bond donors (Lipinski definition) is 1. The average Bonchev–Trinajstić information content (AvgIpc) is 3.15. The summed E-state index contributed by atoms with van der Waals surface area (Å²) in [6.45, 7) is 1.88. The number of nitrogens with two attached hydrogens (primary N) is 1. The van der Waals surface area contributed by atoms with Crippen LogP contribution in [0.15, 0.2) is 59.2 Å². The quantitative estimate of drug-likeness (QED) is 0.616. The van der Waals surface area contributed by atoms with Gasteiger partial charge in [0.25, 0.3) is 0 Å². The molecule has 0 radical (unpaired) electrons. The molecule has 6 heteroatoms. The van der Waals surface area contributed by atoms with Crippen molar-refractivity contribution in [2.75, 3.05) is 7.11 Å². The summed E-state index contributed by atoms with van der Waals surface area (Å²) in [7, 11) is 1.63. The summed E-state index contributed by atoms with van der Waals surface area (Å²) in [5, 5.41) is 3.33. The summed E-state index contributed by atoms with van der Waals surface area (Å²) in [6.07, 6.45) is 1.68. The van der Waals surface area contributed by atoms with Gasteiger partial charge in [0, 0.05) is 21.2 Å². The predicted molar refractivity (Wildman–Crippen MR) is 102 cm³/mol. The van der Waals surface area contributed by atoms with Crippen molar-refractivity contribution in [3.05, 3.63) is 81.7 Å². The highest BCUT2D eigenvalue weighted by Crippen LogP contribution is 2.31. The summed E-state index contributed by atoms with van der Waals surface area (Å²) in [5.74, 6) is 2.28. The van der Waals surface area contributed by atoms with Gasteiger partial charge in [0.1, 0.15) is 19.7 Å². The van der Waals surface area contributed by atoms with Crippen LogP contribution in [0.5, 0.6) is 11.5 Å². The fourth-order valence-electron chi connectivity index (χ4n) is 2.59. The van der Waals surface area contributed by atoms with E-state index in [0.29, 0.717) is 21.5 Å². The minimum atomic E-state index is 0.277. The highest BCUT2D eigenvalue weighted by molar-refractivity contribution is 6.35. The van der Waals surface area contributed by atoms with Gasteiger partial charge >= 0.3 is 0 Å². The standard InChI is InChI=1S/C20H19Cl2NO3/c1-24-20-10-14(11-23-12-15-4-3-9-25-15)7-8-19(20)26-13-16-17(21)5-2-6-18(16)22/h2-10,23H,11-13H2,1H3/p+1. The van der Waals surface area contributed by atoms with Crippen molar-refractivity contribution in [3.8, 4) is 11.5 Å². The zero-order chi connectivity index (χ0) is 18.4. The number of methoxy groups -OCH3 is 1. The van der Waals surface area contributed by atoms with Gasteiger partial charge in [-0.2, -0.15) is 0 Å². The lowest BCUT2D eigenvalue weighted by Crippen LogP contribution is -2.80. The Hall–Kier alpha value is -2.14. The monoisotopic (exact) mass is 392 g/mol. The van der Waals surface area contributed by atoms with Crippen molar-refractivity contribution in [3.63, 3.8) is 0 Å². The van der Waals surface area contributed by atoms with Gasteiger partial charge in [0.15, 0.2) is 17.3 Å². The molecule has 0 aliphatic heterocycles. The van der Waals surface area contributed by atoms with E-state index in [1.54, 1.807) is 25.5 Å². The molecule has 26 heavy (non-hydrogen) atoms. The average molecular weight is 393 g/mol. The Labute approximate surface area is 162 Å². The SMILES string of the molecule is COc1cc(C[NH2+]Cc2ccco2)ccc1OCc1c(Cl)cccc1Cl. The van der Waals surface area contributed by atoms with Crippen molar-refractivity contribution in [2.45, 2.75) is 19.7 Å². The third-order valence-corrected chi connectivity index (χ3v) is 4.68. The molecule has 0 aliphatic rings. The molecule has 1 aromatic heterocycles. The Kier molecular flexibility index (Phi) is 6.45. The summed E-state index contributed by atoms with van der Waals surface area (Å²) >= 11 is 12.4. The molecule has 1 heterocycles. The van der Waals surface area contributed by atoms with Gasteiger partial charge in [-0.1, -0.05) is 29.3 Å². The number of benzene rings is 2. The second-order valence-corrected chi connectivity index (χ2v) is 6.56. The Morgan fingerprint density at radius 1 is 0.962 bits per heavy atom. The summed E-state index contributed by atoms with van der Waals surface area (Å²) in [4.78, 5) is 0. The Bertz CT molecular complexity index is 830. The van der Waals surface area contributed by atoms with Crippen LogP contribution in [0.4, 0.5) is 0 Å². The van der Waals surface area contributed by atoms with E-state index in [2.05, 4.69) is 5.32 Å². The summed E-state index contributed by atoms with van der Waals surface area (Å²) in [5.41, 5.74) is 1.89. The zero-order valence-electron chi connectivity index (χ0n) is 14.4. The highest BCUT2D eigenvalue weighted by Gasteiger charge is 2.11. The fraction of sp³-hybridized carbons (Fsp3) is 0.200. The molecule has 0 atom stereocenters. The molecule has 4 nitrogen and oxygen atoms in total. The van der Waals surface area contributed by atoms with E-state index in [1.807, 2.05) is 36.4 Å². The molecular formula is C20H20Cl2NO3+. The molecule has 0 bridgehead atoms. The maximum absolute atomic E-state index is 6.19. The van der Waals surface area contributed by atoms with Crippen molar-refractivity contribution in [2.24, 2.45) is 0 Å². The first-order valence-electron chi connectivity index (χ1n) is 8.24. The van der Waals surface area contributed by atoms with Crippen LogP contribution in [0.3, 0.4) is 0 Å². The number of rotatable bonds is 8. The molecule has 0 unspecified atom stereocenters. The van der Waals surface area contributed by atoms with E-state index in [1.165, 1.54) is 0 Å². The molecule has 3 rings (SSSR count). The van der Waals surface area contributed by atoms with Crippen LogP contribution >= 0.6 is 23.2 Å². The summed E-state index contributed by atoms with van der Waals surface area (Å²) in [6, 6.07) is 15.1. The van der Waals surface area contributed by atoms with E-state index in [0.717, 1.165) is 30.0 Å². The van der Waals surface area contributed by atoms with E-state index in [4.69, 9.17) is 37.1 Å². The molecule has 0 fully saturated rings. The van der Waals surface area contributed by atoms with E-state index < -0.39 is 0 Å². The molecule has 2 aromatic carbocycles. The lowest BCUT2D eigenvalue weighted by Gasteiger charge is -2.13. The largest absolute Gasteiger partial charge is 0.493 e. The van der Waals surface area contributed by atoms with E-state index in [-0.39, 0.29) is 6.61 Å². The maximum atomic E-state index is 6.19. The first-order valence-corrected chi connectivity index (χ1v) is 8.99. The van der Waals surface area contributed by atoms with Crippen molar-refractivity contribution in [1.29, 1.82) is 0 Å². The molecular weight excluding hydrogens is 373 g/mol. The van der Waals surface area contributed by atoms with E-state index >= 15 is 0 Å². The van der Waals surface area contributed by atoms with Gasteiger partial charge in [0.2, 0.25) is 0 Å². The molecule has 0 saturated heterocycles. The number of ether oxygens (including phenoxy) is 2. The lowest BCUT2D eigenvalue weighted by atomic mass is 10.2. The van der Waals surface area contributed by atoms with Crippen molar-refractivity contribution >= 4 is 23.2 Å². The molecule has 2 N–H and O–H groups in total. The zero-order valence-corrected chi connectivity index (χ0v) is 15.9. The molecule has 0 spiro atoms. The summed E-state index contributed by atoms with van der Waals surface area (Å²) < 4.78 is 16.7. The second-order valence-electron chi connectivity index (χ2n) is 5.75.